The number of methoxy groups -OCH3 is 2. The van der Waals surface area contributed by atoms with Gasteiger partial charge in [-0.25, -0.2) is 0 Å². The van der Waals surface area contributed by atoms with Crippen LogP contribution in [0.2, 0.25) is 0 Å². The number of aryl methyl sites for hydroxylation is 1. The molecule has 5 heteroatoms. The van der Waals surface area contributed by atoms with Crippen LogP contribution in [-0.2, 0) is 24.2 Å². The van der Waals surface area contributed by atoms with E-state index in [1.807, 2.05) is 30.3 Å². The van der Waals surface area contributed by atoms with Crippen LogP contribution >= 0.6 is 0 Å². The van der Waals surface area contributed by atoms with Crippen molar-refractivity contribution in [3.8, 4) is 11.5 Å². The zero-order valence-electron chi connectivity index (χ0n) is 15.3. The molecule has 5 nitrogen and oxygen atoms in total. The third kappa shape index (κ3) is 3.82. The molecule has 0 spiro atoms. The van der Waals surface area contributed by atoms with E-state index in [-0.39, 0.29) is 12.3 Å². The minimum atomic E-state index is -0.0537. The number of rotatable bonds is 7. The second-order valence-corrected chi connectivity index (χ2v) is 6.09. The summed E-state index contributed by atoms with van der Waals surface area (Å²) in [5.41, 5.74) is 3.89. The number of hydrogen-bond donors (Lipinski definition) is 1. The maximum absolute atomic E-state index is 12.3. The molecule has 1 N–H and O–H groups in total. The van der Waals surface area contributed by atoms with Gasteiger partial charge in [-0.3, -0.25) is 4.79 Å². The molecule has 0 radical (unpaired) electrons. The van der Waals surface area contributed by atoms with Crippen LogP contribution in [0.1, 0.15) is 23.6 Å². The Kier molecular flexibility index (Phi) is 5.46. The van der Waals surface area contributed by atoms with E-state index in [9.17, 15) is 4.79 Å². The molecule has 1 aromatic heterocycles. The number of fused-ring (bicyclic) bond motifs is 1. The van der Waals surface area contributed by atoms with Crippen molar-refractivity contribution in [3.05, 3.63) is 59.4 Å². The van der Waals surface area contributed by atoms with Crippen molar-refractivity contribution in [1.82, 2.24) is 5.32 Å². The van der Waals surface area contributed by atoms with Crippen molar-refractivity contribution in [1.29, 1.82) is 0 Å². The Balaban J connectivity index is 1.64. The Hall–Kier alpha value is -2.95. The van der Waals surface area contributed by atoms with E-state index in [0.717, 1.165) is 28.5 Å². The molecule has 2 aromatic carbocycles. The van der Waals surface area contributed by atoms with E-state index in [0.29, 0.717) is 18.0 Å². The lowest BCUT2D eigenvalue weighted by Gasteiger charge is -2.10. The van der Waals surface area contributed by atoms with E-state index in [2.05, 4.69) is 18.3 Å². The van der Waals surface area contributed by atoms with Crippen LogP contribution < -0.4 is 14.8 Å². The van der Waals surface area contributed by atoms with Crippen LogP contribution in [-0.4, -0.2) is 20.1 Å². The predicted molar refractivity (Wildman–Crippen MR) is 101 cm³/mol. The number of benzene rings is 2. The van der Waals surface area contributed by atoms with Crippen LogP contribution in [0.3, 0.4) is 0 Å². The summed E-state index contributed by atoms with van der Waals surface area (Å²) in [5, 5.41) is 3.93. The topological polar surface area (TPSA) is 60.7 Å². The maximum atomic E-state index is 12.3. The number of hydrogen-bond acceptors (Lipinski definition) is 4. The highest BCUT2D eigenvalue weighted by Crippen LogP contribution is 2.27. The summed E-state index contributed by atoms with van der Waals surface area (Å²) in [7, 11) is 3.19. The molecule has 3 rings (SSSR count). The van der Waals surface area contributed by atoms with E-state index in [4.69, 9.17) is 13.9 Å². The molecular formula is C21H23NO4. The molecule has 0 aliphatic heterocycles. The molecule has 0 unspecified atom stereocenters. The Labute approximate surface area is 152 Å². The van der Waals surface area contributed by atoms with Gasteiger partial charge in [0.15, 0.2) is 11.5 Å². The summed E-state index contributed by atoms with van der Waals surface area (Å²) in [5.74, 6) is 1.26. The van der Waals surface area contributed by atoms with Crippen molar-refractivity contribution in [2.24, 2.45) is 0 Å². The van der Waals surface area contributed by atoms with Gasteiger partial charge in [0.05, 0.1) is 26.9 Å². The monoisotopic (exact) mass is 353 g/mol. The number of ether oxygens (including phenoxy) is 2. The second-order valence-electron chi connectivity index (χ2n) is 6.09. The lowest BCUT2D eigenvalue weighted by atomic mass is 10.1. The number of amides is 1. The highest BCUT2D eigenvalue weighted by Gasteiger charge is 2.11. The first-order valence-corrected chi connectivity index (χ1v) is 8.61. The average Bonchev–Trinajstić information content (AvgIpc) is 3.07. The SMILES string of the molecule is CCc1ccc2c(CC(=O)NCc3ccc(OC)c(OC)c3)coc2c1. The molecule has 0 aliphatic carbocycles. The van der Waals surface area contributed by atoms with Gasteiger partial charge in [-0.05, 0) is 35.7 Å². The lowest BCUT2D eigenvalue weighted by Crippen LogP contribution is -2.24. The average molecular weight is 353 g/mol. The molecule has 0 atom stereocenters. The third-order valence-corrected chi connectivity index (χ3v) is 4.42. The fourth-order valence-corrected chi connectivity index (χ4v) is 2.91. The highest BCUT2D eigenvalue weighted by atomic mass is 16.5. The van der Waals surface area contributed by atoms with Gasteiger partial charge in [-0.15, -0.1) is 0 Å². The molecule has 1 heterocycles. The molecule has 26 heavy (non-hydrogen) atoms. The van der Waals surface area contributed by atoms with Crippen LogP contribution in [0, 0.1) is 0 Å². The van der Waals surface area contributed by atoms with E-state index >= 15 is 0 Å². The molecule has 0 saturated heterocycles. The van der Waals surface area contributed by atoms with Crippen molar-refractivity contribution in [3.63, 3.8) is 0 Å². The standard InChI is InChI=1S/C21H23NO4/c1-4-14-5-7-17-16(13-26-19(17)9-14)11-21(23)22-12-15-6-8-18(24-2)20(10-15)25-3/h5-10,13H,4,11-12H2,1-3H3,(H,22,23). The molecule has 3 aromatic rings. The first-order chi connectivity index (χ1) is 12.6. The van der Waals surface area contributed by atoms with E-state index in [1.54, 1.807) is 20.5 Å². The van der Waals surface area contributed by atoms with Gasteiger partial charge in [0.1, 0.15) is 5.58 Å². The van der Waals surface area contributed by atoms with E-state index in [1.165, 1.54) is 5.56 Å². The predicted octanol–water partition coefficient (Wildman–Crippen LogP) is 3.87. The van der Waals surface area contributed by atoms with Gasteiger partial charge in [-0.1, -0.05) is 25.1 Å². The van der Waals surface area contributed by atoms with Gasteiger partial charge in [0.25, 0.3) is 0 Å². The minimum absolute atomic E-state index is 0.0537. The molecular weight excluding hydrogens is 330 g/mol. The van der Waals surface area contributed by atoms with Gasteiger partial charge < -0.3 is 19.2 Å². The zero-order chi connectivity index (χ0) is 18.5. The van der Waals surface area contributed by atoms with Crippen molar-refractivity contribution in [2.75, 3.05) is 14.2 Å². The molecule has 136 valence electrons. The molecule has 0 bridgehead atoms. The highest BCUT2D eigenvalue weighted by molar-refractivity contribution is 5.87. The summed E-state index contributed by atoms with van der Waals surface area (Å²) in [6, 6.07) is 11.7. The zero-order valence-corrected chi connectivity index (χ0v) is 15.3. The summed E-state index contributed by atoms with van der Waals surface area (Å²) in [6.07, 6.45) is 2.91. The number of furan rings is 1. The Morgan fingerprint density at radius 1 is 1.04 bits per heavy atom. The summed E-state index contributed by atoms with van der Waals surface area (Å²) >= 11 is 0. The lowest BCUT2D eigenvalue weighted by molar-refractivity contribution is -0.120. The van der Waals surface area contributed by atoms with Crippen LogP contribution in [0.15, 0.2) is 47.1 Å². The first kappa shape index (κ1) is 17.9. The van der Waals surface area contributed by atoms with Gasteiger partial charge >= 0.3 is 0 Å². The minimum Gasteiger partial charge on any atom is -0.493 e. The third-order valence-electron chi connectivity index (χ3n) is 4.42. The Bertz CT molecular complexity index is 914. The van der Waals surface area contributed by atoms with Crippen LogP contribution in [0.25, 0.3) is 11.0 Å². The maximum Gasteiger partial charge on any atom is 0.224 e. The Morgan fingerprint density at radius 2 is 1.81 bits per heavy atom. The number of carbonyl (C=O) groups excluding carboxylic acids is 1. The number of nitrogens with one attached hydrogen (secondary N) is 1. The normalized spacial score (nSPS) is 10.7. The quantitative estimate of drug-likeness (QED) is 0.700. The van der Waals surface area contributed by atoms with Crippen LogP contribution in [0.5, 0.6) is 11.5 Å². The molecule has 0 saturated carbocycles. The van der Waals surface area contributed by atoms with Crippen LogP contribution in [0.4, 0.5) is 0 Å². The number of carbonyl (C=O) groups is 1. The molecule has 0 fully saturated rings. The fraction of sp³-hybridized carbons (Fsp3) is 0.286. The van der Waals surface area contributed by atoms with Crippen molar-refractivity contribution < 1.29 is 18.7 Å². The Morgan fingerprint density at radius 3 is 2.54 bits per heavy atom. The largest absolute Gasteiger partial charge is 0.493 e. The summed E-state index contributed by atoms with van der Waals surface area (Å²) in [4.78, 5) is 12.3. The first-order valence-electron chi connectivity index (χ1n) is 8.61. The van der Waals surface area contributed by atoms with Gasteiger partial charge in [0.2, 0.25) is 5.91 Å². The van der Waals surface area contributed by atoms with Gasteiger partial charge in [-0.2, -0.15) is 0 Å². The van der Waals surface area contributed by atoms with Crippen molar-refractivity contribution in [2.45, 2.75) is 26.3 Å². The summed E-state index contributed by atoms with van der Waals surface area (Å²) in [6.45, 7) is 2.53. The molecule has 1 amide bonds. The molecule has 0 aliphatic rings. The fourth-order valence-electron chi connectivity index (χ4n) is 2.91. The van der Waals surface area contributed by atoms with Crippen molar-refractivity contribution >= 4 is 16.9 Å². The summed E-state index contributed by atoms with van der Waals surface area (Å²) < 4.78 is 16.1. The smallest absolute Gasteiger partial charge is 0.224 e. The van der Waals surface area contributed by atoms with Gasteiger partial charge in [0, 0.05) is 17.5 Å². The van der Waals surface area contributed by atoms with E-state index < -0.39 is 0 Å². The second kappa shape index (κ2) is 7.95.